The van der Waals surface area contributed by atoms with Crippen molar-refractivity contribution in [2.75, 3.05) is 27.7 Å². The summed E-state index contributed by atoms with van der Waals surface area (Å²) in [5.74, 6) is -0.185. The molecule has 1 atom stereocenters. The molecule has 0 saturated carbocycles. The van der Waals surface area contributed by atoms with Crippen LogP contribution in [0.5, 0.6) is 0 Å². The summed E-state index contributed by atoms with van der Waals surface area (Å²) < 4.78 is 25.3. The van der Waals surface area contributed by atoms with E-state index in [1.54, 1.807) is 18.2 Å². The molecule has 0 aromatic heterocycles. The Kier molecular flexibility index (Phi) is 8.13. The van der Waals surface area contributed by atoms with E-state index in [0.29, 0.717) is 6.54 Å². The van der Waals surface area contributed by atoms with E-state index in [0.717, 1.165) is 12.1 Å². The summed E-state index contributed by atoms with van der Waals surface area (Å²) >= 11 is 0. The third kappa shape index (κ3) is 6.81. The first kappa shape index (κ1) is 22.8. The molecule has 0 fully saturated rings. The molecule has 0 spiro atoms. The monoisotopic (exact) mass is 415 g/mol. The summed E-state index contributed by atoms with van der Waals surface area (Å²) in [5, 5.41) is 2.90. The first-order valence-corrected chi connectivity index (χ1v) is 10.9. The average molecular weight is 416 g/mol. The van der Waals surface area contributed by atoms with Crippen molar-refractivity contribution in [3.63, 3.8) is 0 Å². The van der Waals surface area contributed by atoms with E-state index >= 15 is 0 Å². The summed E-state index contributed by atoms with van der Waals surface area (Å²) in [6, 6.07) is 16.8. The van der Waals surface area contributed by atoms with Gasteiger partial charge in [-0.05, 0) is 43.3 Å². The van der Waals surface area contributed by atoms with Crippen molar-refractivity contribution in [1.82, 2.24) is 14.5 Å². The average Bonchev–Trinajstić information content (AvgIpc) is 2.71. The molecule has 1 N–H and O–H groups in total. The number of amides is 1. The van der Waals surface area contributed by atoms with Gasteiger partial charge in [0.1, 0.15) is 0 Å². The van der Waals surface area contributed by atoms with Crippen molar-refractivity contribution in [3.05, 3.63) is 71.8 Å². The van der Waals surface area contributed by atoms with Crippen LogP contribution in [0.25, 0.3) is 6.08 Å². The molecule has 2 aromatic carbocycles. The molecule has 0 aliphatic carbocycles. The second-order valence-electron chi connectivity index (χ2n) is 7.18. The highest BCUT2D eigenvalue weighted by molar-refractivity contribution is 7.89. The van der Waals surface area contributed by atoms with E-state index in [1.165, 1.54) is 42.2 Å². The Bertz CT molecular complexity index is 924. The Morgan fingerprint density at radius 3 is 2.24 bits per heavy atom. The molecule has 0 heterocycles. The second-order valence-corrected chi connectivity index (χ2v) is 9.34. The largest absolute Gasteiger partial charge is 0.351 e. The number of benzene rings is 2. The molecular weight excluding hydrogens is 386 g/mol. The Labute approximate surface area is 173 Å². The van der Waals surface area contributed by atoms with Crippen LogP contribution in [0.3, 0.4) is 0 Å². The lowest BCUT2D eigenvalue weighted by Crippen LogP contribution is -2.39. The maximum atomic E-state index is 12.1. The maximum absolute atomic E-state index is 12.1. The first-order valence-electron chi connectivity index (χ1n) is 9.43. The molecular formula is C22H29N3O3S. The lowest BCUT2D eigenvalue weighted by molar-refractivity contribution is -0.116. The van der Waals surface area contributed by atoms with Gasteiger partial charge in [-0.15, -0.1) is 0 Å². The summed E-state index contributed by atoms with van der Waals surface area (Å²) in [6.07, 6.45) is 3.12. The van der Waals surface area contributed by atoms with Crippen LogP contribution in [-0.4, -0.2) is 57.3 Å². The molecule has 156 valence electrons. The number of carbonyl (C=O) groups is 1. The summed E-state index contributed by atoms with van der Waals surface area (Å²) in [7, 11) is 1.57. The van der Waals surface area contributed by atoms with Gasteiger partial charge in [-0.25, -0.2) is 12.7 Å². The van der Waals surface area contributed by atoms with Crippen molar-refractivity contribution in [1.29, 1.82) is 0 Å². The zero-order valence-corrected chi connectivity index (χ0v) is 18.2. The molecule has 2 rings (SSSR count). The molecule has 6 nitrogen and oxygen atoms in total. The number of rotatable bonds is 9. The van der Waals surface area contributed by atoms with Crippen LogP contribution in [0.1, 0.15) is 18.1 Å². The number of nitrogens with one attached hydrogen (secondary N) is 1. The fourth-order valence-corrected chi connectivity index (χ4v) is 3.53. The van der Waals surface area contributed by atoms with Crippen LogP contribution in [-0.2, 0) is 21.4 Å². The Hall–Kier alpha value is -2.48. The number of carbonyl (C=O) groups excluding carboxylic acids is 1. The quantitative estimate of drug-likeness (QED) is 0.639. The van der Waals surface area contributed by atoms with E-state index in [-0.39, 0.29) is 16.8 Å². The molecule has 0 aliphatic heterocycles. The Balaban J connectivity index is 1.84. The van der Waals surface area contributed by atoms with Crippen molar-refractivity contribution >= 4 is 22.0 Å². The molecule has 1 amide bonds. The van der Waals surface area contributed by atoms with Crippen LogP contribution in [0.4, 0.5) is 0 Å². The van der Waals surface area contributed by atoms with Crippen molar-refractivity contribution in [2.45, 2.75) is 24.4 Å². The molecule has 29 heavy (non-hydrogen) atoms. The van der Waals surface area contributed by atoms with Gasteiger partial charge in [0.25, 0.3) is 0 Å². The van der Waals surface area contributed by atoms with E-state index in [4.69, 9.17) is 0 Å². The van der Waals surface area contributed by atoms with E-state index in [2.05, 4.69) is 29.3 Å². The Morgan fingerprint density at radius 1 is 1.03 bits per heavy atom. The van der Waals surface area contributed by atoms with E-state index in [9.17, 15) is 13.2 Å². The first-order chi connectivity index (χ1) is 13.7. The molecule has 1 unspecified atom stereocenters. The minimum atomic E-state index is -3.45. The number of nitrogens with zero attached hydrogens (tertiary/aromatic N) is 2. The van der Waals surface area contributed by atoms with Crippen LogP contribution in [0, 0.1) is 0 Å². The summed E-state index contributed by atoms with van der Waals surface area (Å²) in [5.41, 5.74) is 1.99. The fraction of sp³-hybridized carbons (Fsp3) is 0.318. The van der Waals surface area contributed by atoms with Crippen LogP contribution in [0.15, 0.2) is 65.6 Å². The topological polar surface area (TPSA) is 69.7 Å². The SMILES string of the molecule is CC(CNC(=O)/C=C/c1ccc(S(=O)(=O)N(C)C)cc1)N(C)Cc1ccccc1. The number of sulfonamides is 1. The van der Waals surface area contributed by atoms with Gasteiger partial charge in [0, 0.05) is 39.3 Å². The predicted octanol–water partition coefficient (Wildman–Crippen LogP) is 2.59. The minimum Gasteiger partial charge on any atom is -0.351 e. The number of hydrogen-bond donors (Lipinski definition) is 1. The van der Waals surface area contributed by atoms with Crippen LogP contribution < -0.4 is 5.32 Å². The van der Waals surface area contributed by atoms with Gasteiger partial charge >= 0.3 is 0 Å². The Morgan fingerprint density at radius 2 is 1.66 bits per heavy atom. The fourth-order valence-electron chi connectivity index (χ4n) is 2.62. The smallest absolute Gasteiger partial charge is 0.244 e. The second kappa shape index (κ2) is 10.3. The van der Waals surface area contributed by atoms with Crippen molar-refractivity contribution in [3.8, 4) is 0 Å². The van der Waals surface area contributed by atoms with Crippen molar-refractivity contribution < 1.29 is 13.2 Å². The van der Waals surface area contributed by atoms with Crippen LogP contribution >= 0.6 is 0 Å². The lowest BCUT2D eigenvalue weighted by Gasteiger charge is -2.24. The molecule has 0 aliphatic rings. The van der Waals surface area contributed by atoms with Gasteiger partial charge < -0.3 is 5.32 Å². The summed E-state index contributed by atoms with van der Waals surface area (Å²) in [4.78, 5) is 14.5. The lowest BCUT2D eigenvalue weighted by atomic mass is 10.2. The van der Waals surface area contributed by atoms with Gasteiger partial charge in [0.2, 0.25) is 15.9 Å². The van der Waals surface area contributed by atoms with Gasteiger partial charge in [-0.1, -0.05) is 42.5 Å². The molecule has 0 bridgehead atoms. The highest BCUT2D eigenvalue weighted by Crippen LogP contribution is 2.14. The van der Waals surface area contributed by atoms with Crippen molar-refractivity contribution in [2.24, 2.45) is 0 Å². The van der Waals surface area contributed by atoms with E-state index < -0.39 is 10.0 Å². The molecule has 7 heteroatoms. The third-order valence-corrected chi connectivity index (χ3v) is 6.51. The third-order valence-electron chi connectivity index (χ3n) is 4.68. The highest BCUT2D eigenvalue weighted by Gasteiger charge is 2.16. The summed E-state index contributed by atoms with van der Waals surface area (Å²) in [6.45, 7) is 3.42. The van der Waals surface area contributed by atoms with Crippen LogP contribution in [0.2, 0.25) is 0 Å². The maximum Gasteiger partial charge on any atom is 0.244 e. The zero-order valence-electron chi connectivity index (χ0n) is 17.4. The normalized spacial score (nSPS) is 13.2. The number of hydrogen-bond acceptors (Lipinski definition) is 4. The van der Waals surface area contributed by atoms with Gasteiger partial charge in [0.15, 0.2) is 0 Å². The van der Waals surface area contributed by atoms with Gasteiger partial charge in [-0.3, -0.25) is 9.69 Å². The van der Waals surface area contributed by atoms with Gasteiger partial charge in [-0.2, -0.15) is 0 Å². The van der Waals surface area contributed by atoms with Gasteiger partial charge in [0.05, 0.1) is 4.90 Å². The standard InChI is InChI=1S/C22H29N3O3S/c1-18(25(4)17-20-8-6-5-7-9-20)16-23-22(26)15-12-19-10-13-21(14-11-19)29(27,28)24(2)3/h5-15,18H,16-17H2,1-4H3,(H,23,26)/b15-12+. The predicted molar refractivity (Wildman–Crippen MR) is 117 cm³/mol. The molecule has 2 aromatic rings. The molecule has 0 saturated heterocycles. The molecule has 0 radical (unpaired) electrons. The number of likely N-dealkylation sites (N-methyl/N-ethyl adjacent to an activating group) is 1. The highest BCUT2D eigenvalue weighted by atomic mass is 32.2. The zero-order chi connectivity index (χ0) is 21.4. The minimum absolute atomic E-state index is 0.183. The van der Waals surface area contributed by atoms with E-state index in [1.807, 2.05) is 25.2 Å².